The van der Waals surface area contributed by atoms with E-state index in [1.54, 1.807) is 11.3 Å². The van der Waals surface area contributed by atoms with Gasteiger partial charge in [-0.3, -0.25) is 4.99 Å². The number of fused-ring (bicyclic) bond motifs is 9. The van der Waals surface area contributed by atoms with E-state index in [1.807, 2.05) is 48.5 Å². The maximum atomic E-state index is 6.61. The van der Waals surface area contributed by atoms with Gasteiger partial charge in [-0.25, -0.2) is 9.98 Å². The summed E-state index contributed by atoms with van der Waals surface area (Å²) in [5, 5.41) is 6.26. The zero-order valence-electron chi connectivity index (χ0n) is 31.2. The molecule has 0 saturated heterocycles. The zero-order chi connectivity index (χ0) is 38.6. The molecule has 0 atom stereocenters. The summed E-state index contributed by atoms with van der Waals surface area (Å²) in [6, 6.07) is 60.6. The molecule has 0 N–H and O–H groups in total. The lowest BCUT2D eigenvalue weighted by Gasteiger charge is -2.13. The molecule has 0 unspecified atom stereocenters. The van der Waals surface area contributed by atoms with Crippen molar-refractivity contribution in [2.75, 3.05) is 0 Å². The van der Waals surface area contributed by atoms with Gasteiger partial charge in [0.2, 0.25) is 0 Å². The number of para-hydroxylation sites is 3. The van der Waals surface area contributed by atoms with Crippen molar-refractivity contribution in [3.63, 3.8) is 0 Å². The van der Waals surface area contributed by atoms with E-state index in [9.17, 15) is 0 Å². The normalized spacial score (nSPS) is 12.5. The van der Waals surface area contributed by atoms with Gasteiger partial charge in [0.05, 0.1) is 6.54 Å². The number of nitrogens with zero attached hydrogens (tertiary/aromatic N) is 3. The molecule has 5 nitrogen and oxygen atoms in total. The number of rotatable bonds is 6. The second-order valence-electron chi connectivity index (χ2n) is 14.3. The average molecular weight is 764 g/mol. The molecule has 0 fully saturated rings. The molecule has 0 aliphatic rings. The van der Waals surface area contributed by atoms with Gasteiger partial charge in [0, 0.05) is 58.4 Å². The lowest BCUT2D eigenvalue weighted by atomic mass is 9.93. The summed E-state index contributed by atoms with van der Waals surface area (Å²) in [5.74, 6) is 1.01. The molecule has 274 valence electrons. The third kappa shape index (κ3) is 5.65. The summed E-state index contributed by atoms with van der Waals surface area (Å²) >= 11 is 1.77. The molecule has 0 radical (unpaired) electrons. The molecular weight excluding hydrogens is 731 g/mol. The van der Waals surface area contributed by atoms with Crippen molar-refractivity contribution in [3.8, 4) is 22.3 Å². The number of aliphatic imine (C=N–C) groups is 3. The Labute approximate surface area is 337 Å². The monoisotopic (exact) mass is 763 g/mol. The third-order valence-electron chi connectivity index (χ3n) is 10.9. The van der Waals surface area contributed by atoms with E-state index in [4.69, 9.17) is 23.8 Å². The van der Waals surface area contributed by atoms with Gasteiger partial charge in [0.15, 0.2) is 11.7 Å². The SMILES string of the molecule is C=NC(=NC(=NCc1ccc(-c2ccccc2)cc1)c1cccc2sc3ccccc3c12)c1c(-c2cccc3c2oc2ccccc23)ccc2oc3ccccc3c12. The second kappa shape index (κ2) is 14.0. The van der Waals surface area contributed by atoms with E-state index in [-0.39, 0.29) is 0 Å². The van der Waals surface area contributed by atoms with Crippen LogP contribution in [-0.4, -0.2) is 18.4 Å². The van der Waals surface area contributed by atoms with Crippen molar-refractivity contribution in [2.45, 2.75) is 6.54 Å². The molecule has 0 bridgehead atoms. The van der Waals surface area contributed by atoms with E-state index in [2.05, 4.69) is 134 Å². The molecule has 3 aromatic heterocycles. The highest BCUT2D eigenvalue weighted by Gasteiger charge is 2.24. The molecule has 8 aromatic carbocycles. The maximum absolute atomic E-state index is 6.61. The van der Waals surface area contributed by atoms with Crippen LogP contribution in [0.1, 0.15) is 16.7 Å². The Bertz CT molecular complexity index is 3440. The molecular formula is C52H33N3O2S. The lowest BCUT2D eigenvalue weighted by Crippen LogP contribution is -2.08. The number of amidine groups is 2. The lowest BCUT2D eigenvalue weighted by molar-refractivity contribution is 0.668. The van der Waals surface area contributed by atoms with Crippen molar-refractivity contribution in [3.05, 3.63) is 193 Å². The fourth-order valence-electron chi connectivity index (χ4n) is 8.24. The van der Waals surface area contributed by atoms with E-state index >= 15 is 0 Å². The number of hydrogen-bond donors (Lipinski definition) is 0. The summed E-state index contributed by atoms with van der Waals surface area (Å²) in [5.41, 5.74) is 10.1. The smallest absolute Gasteiger partial charge is 0.162 e. The van der Waals surface area contributed by atoms with E-state index < -0.39 is 0 Å². The Kier molecular flexibility index (Phi) is 8.15. The molecule has 0 saturated carbocycles. The number of benzene rings is 8. The minimum absolute atomic E-state index is 0.417. The van der Waals surface area contributed by atoms with Gasteiger partial charge in [-0.2, -0.15) is 0 Å². The van der Waals surface area contributed by atoms with Crippen LogP contribution < -0.4 is 0 Å². The first kappa shape index (κ1) is 33.9. The van der Waals surface area contributed by atoms with Gasteiger partial charge in [-0.1, -0.05) is 140 Å². The van der Waals surface area contributed by atoms with Crippen molar-refractivity contribution < 1.29 is 8.83 Å². The van der Waals surface area contributed by atoms with Crippen molar-refractivity contribution in [2.24, 2.45) is 15.0 Å². The molecule has 6 heteroatoms. The van der Waals surface area contributed by atoms with Crippen LogP contribution in [0.15, 0.2) is 200 Å². The fraction of sp³-hybridized carbons (Fsp3) is 0.0192. The minimum atomic E-state index is 0.417. The van der Waals surface area contributed by atoms with Crippen molar-refractivity contribution in [1.82, 2.24) is 0 Å². The van der Waals surface area contributed by atoms with Gasteiger partial charge >= 0.3 is 0 Å². The first-order valence-corrected chi connectivity index (χ1v) is 20.0. The Morgan fingerprint density at radius 1 is 0.483 bits per heavy atom. The summed E-state index contributed by atoms with van der Waals surface area (Å²) in [7, 11) is 0. The van der Waals surface area contributed by atoms with Gasteiger partial charge < -0.3 is 8.83 Å². The van der Waals surface area contributed by atoms with Crippen LogP contribution in [0, 0.1) is 0 Å². The van der Waals surface area contributed by atoms with Gasteiger partial charge in [0.1, 0.15) is 22.3 Å². The Balaban J connectivity index is 1.16. The fourth-order valence-corrected chi connectivity index (χ4v) is 9.38. The molecule has 0 amide bonds. The summed E-state index contributed by atoms with van der Waals surface area (Å²) < 4.78 is 15.5. The Morgan fingerprint density at radius 2 is 1.16 bits per heavy atom. The standard InChI is InChI=1S/C52H33N3O2S/c1-53-52(49-36(29-30-44-48(49)39-16-6-9-22-43(39)56-44)38-19-11-18-37-35-15-5-8-21-42(35)57-50(37)38)55-51(41-20-12-24-46-47(41)40-17-7-10-23-45(40)58-46)54-31-32-25-27-34(28-26-32)33-13-3-2-4-14-33/h2-30H,1,31H2. The molecule has 0 aliphatic carbocycles. The van der Waals surface area contributed by atoms with E-state index in [0.717, 1.165) is 82.6 Å². The molecule has 58 heavy (non-hydrogen) atoms. The van der Waals surface area contributed by atoms with Gasteiger partial charge in [-0.15, -0.1) is 11.3 Å². The van der Waals surface area contributed by atoms with Crippen LogP contribution in [0.25, 0.3) is 86.3 Å². The van der Waals surface area contributed by atoms with E-state index in [1.165, 1.54) is 20.3 Å². The summed E-state index contributed by atoms with van der Waals surface area (Å²) in [6.07, 6.45) is 0. The first-order valence-electron chi connectivity index (χ1n) is 19.2. The third-order valence-corrected chi connectivity index (χ3v) is 12.1. The molecule has 11 rings (SSSR count). The molecule has 0 spiro atoms. The predicted octanol–water partition coefficient (Wildman–Crippen LogP) is 14.3. The molecule has 11 aromatic rings. The second-order valence-corrected chi connectivity index (χ2v) is 15.4. The van der Waals surface area contributed by atoms with E-state index in [0.29, 0.717) is 18.2 Å². The zero-order valence-corrected chi connectivity index (χ0v) is 32.0. The van der Waals surface area contributed by atoms with Gasteiger partial charge in [-0.05, 0) is 65.4 Å². The highest BCUT2D eigenvalue weighted by Crippen LogP contribution is 2.42. The maximum Gasteiger partial charge on any atom is 0.162 e. The topological polar surface area (TPSA) is 63.4 Å². The highest BCUT2D eigenvalue weighted by molar-refractivity contribution is 7.25. The first-order chi connectivity index (χ1) is 28.7. The van der Waals surface area contributed by atoms with Crippen molar-refractivity contribution >= 4 is 93.8 Å². The van der Waals surface area contributed by atoms with Crippen LogP contribution in [-0.2, 0) is 6.54 Å². The highest BCUT2D eigenvalue weighted by atomic mass is 32.1. The quantitative estimate of drug-likeness (QED) is 0.125. The largest absolute Gasteiger partial charge is 0.456 e. The number of hydrogen-bond acceptors (Lipinski definition) is 4. The van der Waals surface area contributed by atoms with Gasteiger partial charge in [0.25, 0.3) is 0 Å². The van der Waals surface area contributed by atoms with Crippen LogP contribution in [0.2, 0.25) is 0 Å². The summed E-state index contributed by atoms with van der Waals surface area (Å²) in [6.45, 7) is 4.58. The minimum Gasteiger partial charge on any atom is -0.456 e. The Hall–Kier alpha value is -7.41. The van der Waals surface area contributed by atoms with Crippen LogP contribution in [0.4, 0.5) is 0 Å². The average Bonchev–Trinajstić information content (AvgIpc) is 3.98. The predicted molar refractivity (Wildman–Crippen MR) is 244 cm³/mol. The molecule has 3 heterocycles. The van der Waals surface area contributed by atoms with Crippen LogP contribution >= 0.6 is 11.3 Å². The number of thiophene rings is 1. The summed E-state index contributed by atoms with van der Waals surface area (Å²) in [4.78, 5) is 15.5. The van der Waals surface area contributed by atoms with Crippen molar-refractivity contribution in [1.29, 1.82) is 0 Å². The van der Waals surface area contributed by atoms with Crippen LogP contribution in [0.5, 0.6) is 0 Å². The molecule has 0 aliphatic heterocycles. The Morgan fingerprint density at radius 3 is 1.98 bits per heavy atom. The number of furan rings is 2. The van der Waals surface area contributed by atoms with Crippen LogP contribution in [0.3, 0.4) is 0 Å².